The molecular formula is C19H20O2. The van der Waals surface area contributed by atoms with Crippen LogP contribution in [-0.4, -0.2) is 20.0 Å². The van der Waals surface area contributed by atoms with Crippen molar-refractivity contribution in [2.45, 2.75) is 17.6 Å². The molecule has 108 valence electrons. The summed E-state index contributed by atoms with van der Waals surface area (Å²) in [6.45, 7) is 0. The first-order valence-electron chi connectivity index (χ1n) is 8.54. The fourth-order valence-corrected chi connectivity index (χ4v) is 9.10. The highest BCUT2D eigenvalue weighted by Crippen LogP contribution is 2.93. The Morgan fingerprint density at radius 3 is 1.62 bits per heavy atom. The summed E-state index contributed by atoms with van der Waals surface area (Å²) in [6.07, 6.45) is 0. The highest BCUT2D eigenvalue weighted by Gasteiger charge is 2.92. The minimum absolute atomic E-state index is 0.247. The van der Waals surface area contributed by atoms with E-state index in [1.807, 2.05) is 14.2 Å². The van der Waals surface area contributed by atoms with Gasteiger partial charge in [-0.2, -0.15) is 0 Å². The van der Waals surface area contributed by atoms with Gasteiger partial charge in [-0.1, -0.05) is 24.3 Å². The quantitative estimate of drug-likeness (QED) is 0.776. The topological polar surface area (TPSA) is 18.5 Å². The van der Waals surface area contributed by atoms with Crippen molar-refractivity contribution in [1.82, 2.24) is 0 Å². The van der Waals surface area contributed by atoms with Crippen LogP contribution in [0.4, 0.5) is 0 Å². The second kappa shape index (κ2) is 2.83. The van der Waals surface area contributed by atoms with E-state index in [0.717, 1.165) is 47.3 Å². The summed E-state index contributed by atoms with van der Waals surface area (Å²) in [6, 6.07) is 9.34. The minimum atomic E-state index is -0.247. The Bertz CT molecular complexity index is 638. The van der Waals surface area contributed by atoms with Crippen molar-refractivity contribution in [2.75, 3.05) is 14.2 Å². The Hall–Kier alpha value is -0.860. The SMILES string of the molecule is COC1(OC)[C@@H]2[C@H]3[C@@H]4[C@H]5c6ccccc6[C@H]6[C@@H]4[C@H]3[C@H]1[C@@H]6[C@H]52. The zero-order valence-electron chi connectivity index (χ0n) is 12.4. The molecule has 0 N–H and O–H groups in total. The van der Waals surface area contributed by atoms with Gasteiger partial charge in [-0.25, -0.2) is 0 Å². The van der Waals surface area contributed by atoms with Gasteiger partial charge in [0.15, 0.2) is 5.79 Å². The zero-order chi connectivity index (χ0) is 13.7. The average molecular weight is 280 g/mol. The van der Waals surface area contributed by atoms with E-state index in [0.29, 0.717) is 11.8 Å². The molecule has 0 aliphatic heterocycles. The van der Waals surface area contributed by atoms with Crippen LogP contribution in [0.5, 0.6) is 0 Å². The number of benzene rings is 1. The Balaban J connectivity index is 1.56. The third kappa shape index (κ3) is 0.724. The van der Waals surface area contributed by atoms with E-state index < -0.39 is 0 Å². The molecule has 4 bridgehead atoms. The van der Waals surface area contributed by atoms with Gasteiger partial charge in [-0.15, -0.1) is 0 Å². The van der Waals surface area contributed by atoms with E-state index in [-0.39, 0.29) is 5.79 Å². The predicted octanol–water partition coefficient (Wildman–Crippen LogP) is 2.85. The van der Waals surface area contributed by atoms with Gasteiger partial charge in [0.1, 0.15) is 0 Å². The van der Waals surface area contributed by atoms with E-state index in [1.54, 1.807) is 11.1 Å². The molecule has 0 unspecified atom stereocenters. The largest absolute Gasteiger partial charge is 0.353 e. The van der Waals surface area contributed by atoms with Crippen molar-refractivity contribution in [3.63, 3.8) is 0 Å². The van der Waals surface area contributed by atoms with Gasteiger partial charge in [0.05, 0.1) is 0 Å². The zero-order valence-corrected chi connectivity index (χ0v) is 12.4. The van der Waals surface area contributed by atoms with E-state index in [2.05, 4.69) is 24.3 Å². The Kier molecular flexibility index (Phi) is 1.46. The molecule has 0 radical (unpaired) electrons. The summed E-state index contributed by atoms with van der Waals surface area (Å²) in [5, 5.41) is 0. The second-order valence-electron chi connectivity index (χ2n) is 8.33. The van der Waals surface area contributed by atoms with Crippen LogP contribution in [0.2, 0.25) is 0 Å². The van der Waals surface area contributed by atoms with E-state index in [4.69, 9.17) is 9.47 Å². The van der Waals surface area contributed by atoms with Crippen molar-refractivity contribution in [3.8, 4) is 0 Å². The number of ether oxygens (including phenoxy) is 2. The molecule has 7 aliphatic carbocycles. The molecule has 0 aromatic heterocycles. The summed E-state index contributed by atoms with van der Waals surface area (Å²) >= 11 is 0. The van der Waals surface area contributed by atoms with Crippen molar-refractivity contribution in [1.29, 1.82) is 0 Å². The lowest BCUT2D eigenvalue weighted by atomic mass is 9.49. The number of hydrogen-bond acceptors (Lipinski definition) is 2. The van der Waals surface area contributed by atoms with Crippen LogP contribution in [0.25, 0.3) is 0 Å². The minimum Gasteiger partial charge on any atom is -0.353 e. The Morgan fingerprint density at radius 2 is 1.19 bits per heavy atom. The first kappa shape index (κ1) is 10.8. The van der Waals surface area contributed by atoms with Crippen molar-refractivity contribution in [3.05, 3.63) is 35.4 Å². The molecule has 0 amide bonds. The molecule has 2 nitrogen and oxygen atoms in total. The molecule has 7 aliphatic rings. The van der Waals surface area contributed by atoms with E-state index >= 15 is 0 Å². The highest BCUT2D eigenvalue weighted by molar-refractivity contribution is 5.53. The monoisotopic (exact) mass is 280 g/mol. The third-order valence-corrected chi connectivity index (χ3v) is 8.82. The van der Waals surface area contributed by atoms with Crippen molar-refractivity contribution in [2.24, 2.45) is 47.3 Å². The molecule has 5 fully saturated rings. The van der Waals surface area contributed by atoms with Crippen molar-refractivity contribution < 1.29 is 9.47 Å². The molecule has 0 heterocycles. The fraction of sp³-hybridized carbons (Fsp3) is 0.684. The van der Waals surface area contributed by atoms with Gasteiger partial charge in [0.25, 0.3) is 0 Å². The summed E-state index contributed by atoms with van der Waals surface area (Å²) < 4.78 is 12.2. The van der Waals surface area contributed by atoms with Gasteiger partial charge >= 0.3 is 0 Å². The maximum absolute atomic E-state index is 6.11. The standard InChI is InChI=1S/C19H20O2/c1-20-19(21-2)17-13-9-7-5-3-4-6-8(7)10-12-11(9)15(17)16(12)18(19)14(10)13/h3-6,9-18H,1-2H3/t9-,10+,11-,12+,13-,14-,15+,16-,17+,18-/m0/s1. The molecule has 2 heteroatoms. The lowest BCUT2D eigenvalue weighted by molar-refractivity contribution is -0.240. The number of methoxy groups -OCH3 is 2. The van der Waals surface area contributed by atoms with Gasteiger partial charge in [0, 0.05) is 26.1 Å². The predicted molar refractivity (Wildman–Crippen MR) is 76.6 cm³/mol. The second-order valence-corrected chi connectivity index (χ2v) is 8.33. The van der Waals surface area contributed by atoms with Gasteiger partial charge in [0.2, 0.25) is 0 Å². The summed E-state index contributed by atoms with van der Waals surface area (Å²) in [7, 11) is 3.78. The maximum Gasteiger partial charge on any atom is 0.174 e. The number of rotatable bonds is 2. The van der Waals surface area contributed by atoms with Crippen LogP contribution in [-0.2, 0) is 9.47 Å². The average Bonchev–Trinajstić information content (AvgIpc) is 3.04. The van der Waals surface area contributed by atoms with Gasteiger partial charge < -0.3 is 9.47 Å². The van der Waals surface area contributed by atoms with Crippen LogP contribution in [0.1, 0.15) is 23.0 Å². The van der Waals surface area contributed by atoms with Crippen LogP contribution < -0.4 is 0 Å². The first-order valence-corrected chi connectivity index (χ1v) is 8.54. The molecule has 1 aromatic rings. The molecule has 10 atom stereocenters. The highest BCUT2D eigenvalue weighted by atomic mass is 16.7. The molecule has 1 aromatic carbocycles. The Morgan fingerprint density at radius 1 is 0.714 bits per heavy atom. The normalized spacial score (nSPS) is 60.7. The van der Waals surface area contributed by atoms with Crippen LogP contribution in [0, 0.1) is 47.3 Å². The summed E-state index contributed by atoms with van der Waals surface area (Å²) in [5.41, 5.74) is 3.39. The van der Waals surface area contributed by atoms with Gasteiger partial charge in [-0.05, 0) is 58.5 Å². The first-order chi connectivity index (χ1) is 10.3. The molecule has 21 heavy (non-hydrogen) atoms. The maximum atomic E-state index is 6.11. The van der Waals surface area contributed by atoms with Crippen LogP contribution >= 0.6 is 0 Å². The fourth-order valence-electron chi connectivity index (χ4n) is 9.10. The third-order valence-electron chi connectivity index (χ3n) is 8.82. The molecule has 0 spiro atoms. The van der Waals surface area contributed by atoms with E-state index in [1.165, 1.54) is 0 Å². The van der Waals surface area contributed by atoms with Crippen LogP contribution in [0.15, 0.2) is 24.3 Å². The van der Waals surface area contributed by atoms with Gasteiger partial charge in [-0.3, -0.25) is 0 Å². The summed E-state index contributed by atoms with van der Waals surface area (Å²) in [5.74, 6) is 8.18. The summed E-state index contributed by atoms with van der Waals surface area (Å²) in [4.78, 5) is 0. The molecular weight excluding hydrogens is 260 g/mol. The lowest BCUT2D eigenvalue weighted by Crippen LogP contribution is -2.48. The van der Waals surface area contributed by atoms with Crippen LogP contribution in [0.3, 0.4) is 0 Å². The smallest absolute Gasteiger partial charge is 0.174 e. The van der Waals surface area contributed by atoms with E-state index in [9.17, 15) is 0 Å². The number of hydrogen-bond donors (Lipinski definition) is 0. The molecule has 0 saturated heterocycles. The molecule has 5 saturated carbocycles. The Labute approximate surface area is 124 Å². The lowest BCUT2D eigenvalue weighted by Gasteiger charge is -2.55. The van der Waals surface area contributed by atoms with Crippen molar-refractivity contribution >= 4 is 0 Å². The molecule has 8 rings (SSSR count).